The van der Waals surface area contributed by atoms with Gasteiger partial charge in [-0.15, -0.1) is 0 Å². The molecule has 1 aromatic heterocycles. The summed E-state index contributed by atoms with van der Waals surface area (Å²) >= 11 is 11.9. The van der Waals surface area contributed by atoms with E-state index in [9.17, 15) is 0 Å². The molecule has 0 spiro atoms. The predicted octanol–water partition coefficient (Wildman–Crippen LogP) is 3.58. The monoisotopic (exact) mass is 297 g/mol. The molecule has 0 unspecified atom stereocenters. The Hall–Kier alpha value is -1.03. The zero-order valence-electron chi connectivity index (χ0n) is 11.1. The van der Waals surface area contributed by atoms with Crippen LogP contribution in [-0.2, 0) is 26.6 Å². The SMILES string of the molecule is CCc1nn(C)cc1CNCc1ccc(Cl)c(Cl)c1. The van der Waals surface area contributed by atoms with Gasteiger partial charge < -0.3 is 5.32 Å². The topological polar surface area (TPSA) is 29.9 Å². The first kappa shape index (κ1) is 14.4. The Labute approximate surface area is 123 Å². The molecule has 19 heavy (non-hydrogen) atoms. The van der Waals surface area contributed by atoms with E-state index >= 15 is 0 Å². The van der Waals surface area contributed by atoms with Gasteiger partial charge in [-0.1, -0.05) is 36.2 Å². The van der Waals surface area contributed by atoms with Gasteiger partial charge in [0.05, 0.1) is 15.7 Å². The van der Waals surface area contributed by atoms with Gasteiger partial charge >= 0.3 is 0 Å². The zero-order chi connectivity index (χ0) is 13.8. The number of rotatable bonds is 5. The van der Waals surface area contributed by atoms with Crippen molar-refractivity contribution < 1.29 is 0 Å². The molecule has 0 saturated heterocycles. The molecule has 0 radical (unpaired) electrons. The van der Waals surface area contributed by atoms with Gasteiger partial charge in [0.25, 0.3) is 0 Å². The van der Waals surface area contributed by atoms with Crippen molar-refractivity contribution in [2.45, 2.75) is 26.4 Å². The highest BCUT2D eigenvalue weighted by Crippen LogP contribution is 2.22. The van der Waals surface area contributed by atoms with E-state index in [0.29, 0.717) is 10.0 Å². The van der Waals surface area contributed by atoms with Crippen LogP contribution in [0.5, 0.6) is 0 Å². The maximum atomic E-state index is 5.99. The molecule has 2 rings (SSSR count). The summed E-state index contributed by atoms with van der Waals surface area (Å²) in [5.74, 6) is 0. The molecule has 0 fully saturated rings. The van der Waals surface area contributed by atoms with Crippen molar-refractivity contribution >= 4 is 23.2 Å². The zero-order valence-corrected chi connectivity index (χ0v) is 12.6. The van der Waals surface area contributed by atoms with Crippen molar-refractivity contribution in [1.82, 2.24) is 15.1 Å². The average Bonchev–Trinajstić information content (AvgIpc) is 2.74. The maximum Gasteiger partial charge on any atom is 0.0666 e. The number of aromatic nitrogens is 2. The lowest BCUT2D eigenvalue weighted by atomic mass is 10.2. The molecule has 1 N–H and O–H groups in total. The van der Waals surface area contributed by atoms with Crippen LogP contribution in [0, 0.1) is 0 Å². The minimum Gasteiger partial charge on any atom is -0.308 e. The summed E-state index contributed by atoms with van der Waals surface area (Å²) in [6.07, 6.45) is 3.01. The number of nitrogens with one attached hydrogen (secondary N) is 1. The lowest BCUT2D eigenvalue weighted by molar-refractivity contribution is 0.688. The first-order valence-electron chi connectivity index (χ1n) is 6.26. The lowest BCUT2D eigenvalue weighted by Gasteiger charge is -2.06. The fraction of sp³-hybridized carbons (Fsp3) is 0.357. The molecule has 1 heterocycles. The predicted molar refractivity (Wildman–Crippen MR) is 79.6 cm³/mol. The first-order valence-corrected chi connectivity index (χ1v) is 7.01. The van der Waals surface area contributed by atoms with E-state index in [0.717, 1.165) is 30.8 Å². The third kappa shape index (κ3) is 3.72. The van der Waals surface area contributed by atoms with Crippen LogP contribution in [0.3, 0.4) is 0 Å². The largest absolute Gasteiger partial charge is 0.308 e. The number of aryl methyl sites for hydroxylation is 2. The summed E-state index contributed by atoms with van der Waals surface area (Å²) in [6, 6.07) is 5.69. The summed E-state index contributed by atoms with van der Waals surface area (Å²) in [6.45, 7) is 3.68. The van der Waals surface area contributed by atoms with Gasteiger partial charge in [-0.25, -0.2) is 0 Å². The van der Waals surface area contributed by atoms with Crippen molar-refractivity contribution in [1.29, 1.82) is 0 Å². The molecule has 0 aliphatic rings. The number of nitrogens with zero attached hydrogens (tertiary/aromatic N) is 2. The van der Waals surface area contributed by atoms with Crippen LogP contribution in [0.1, 0.15) is 23.7 Å². The van der Waals surface area contributed by atoms with E-state index in [1.807, 2.05) is 29.9 Å². The van der Waals surface area contributed by atoms with Crippen molar-refractivity contribution in [3.63, 3.8) is 0 Å². The van der Waals surface area contributed by atoms with E-state index in [-0.39, 0.29) is 0 Å². The van der Waals surface area contributed by atoms with E-state index in [1.54, 1.807) is 0 Å². The number of hydrogen-bond donors (Lipinski definition) is 1. The molecule has 0 bridgehead atoms. The second kappa shape index (κ2) is 6.42. The van der Waals surface area contributed by atoms with Gasteiger partial charge in [0.2, 0.25) is 0 Å². The molecule has 0 amide bonds. The summed E-state index contributed by atoms with van der Waals surface area (Å²) in [5.41, 5.74) is 3.51. The van der Waals surface area contributed by atoms with Crippen LogP contribution >= 0.6 is 23.2 Å². The van der Waals surface area contributed by atoms with Crippen molar-refractivity contribution in [3.05, 3.63) is 51.3 Å². The summed E-state index contributed by atoms with van der Waals surface area (Å²) in [5, 5.41) is 9.00. The van der Waals surface area contributed by atoms with Crippen LogP contribution in [0.2, 0.25) is 10.0 Å². The van der Waals surface area contributed by atoms with Gasteiger partial charge in [-0.05, 0) is 24.1 Å². The van der Waals surface area contributed by atoms with Crippen LogP contribution in [-0.4, -0.2) is 9.78 Å². The van der Waals surface area contributed by atoms with Crippen LogP contribution < -0.4 is 5.32 Å². The lowest BCUT2D eigenvalue weighted by Crippen LogP contribution is -2.13. The molecule has 3 nitrogen and oxygen atoms in total. The summed E-state index contributed by atoms with van der Waals surface area (Å²) < 4.78 is 1.86. The molecule has 0 aliphatic carbocycles. The first-order chi connectivity index (χ1) is 9.10. The van der Waals surface area contributed by atoms with E-state index < -0.39 is 0 Å². The Morgan fingerprint density at radius 3 is 2.68 bits per heavy atom. The number of hydrogen-bond acceptors (Lipinski definition) is 2. The fourth-order valence-electron chi connectivity index (χ4n) is 2.02. The van der Waals surface area contributed by atoms with Crippen molar-refractivity contribution in [2.24, 2.45) is 7.05 Å². The minimum atomic E-state index is 0.589. The number of benzene rings is 1. The van der Waals surface area contributed by atoms with Gasteiger partial charge in [0, 0.05) is 31.9 Å². The Kier molecular flexibility index (Phi) is 4.86. The van der Waals surface area contributed by atoms with Crippen molar-refractivity contribution in [2.75, 3.05) is 0 Å². The standard InChI is InChI=1S/C14H17Cl2N3/c1-3-14-11(9-19(2)18-14)8-17-7-10-4-5-12(15)13(16)6-10/h4-6,9,17H,3,7-8H2,1-2H3. The summed E-state index contributed by atoms with van der Waals surface area (Å²) in [4.78, 5) is 0. The fourth-order valence-corrected chi connectivity index (χ4v) is 2.34. The normalized spacial score (nSPS) is 10.9. The van der Waals surface area contributed by atoms with Crippen LogP contribution in [0.15, 0.2) is 24.4 Å². The summed E-state index contributed by atoms with van der Waals surface area (Å²) in [7, 11) is 1.95. The van der Waals surface area contributed by atoms with E-state index in [1.165, 1.54) is 5.56 Å². The molecule has 102 valence electrons. The van der Waals surface area contributed by atoms with Gasteiger partial charge in [-0.2, -0.15) is 5.10 Å². The van der Waals surface area contributed by atoms with Gasteiger partial charge in [0.15, 0.2) is 0 Å². The molecular weight excluding hydrogens is 281 g/mol. The Bertz CT molecular complexity index is 564. The molecule has 2 aromatic rings. The van der Waals surface area contributed by atoms with Crippen molar-refractivity contribution in [3.8, 4) is 0 Å². The second-order valence-corrected chi connectivity index (χ2v) is 5.29. The average molecular weight is 298 g/mol. The Balaban J connectivity index is 1.94. The molecule has 1 aromatic carbocycles. The highest BCUT2D eigenvalue weighted by atomic mass is 35.5. The Morgan fingerprint density at radius 1 is 1.21 bits per heavy atom. The smallest absolute Gasteiger partial charge is 0.0666 e. The third-order valence-electron chi connectivity index (χ3n) is 2.96. The third-order valence-corrected chi connectivity index (χ3v) is 3.69. The molecule has 0 saturated carbocycles. The minimum absolute atomic E-state index is 0.589. The molecule has 5 heteroatoms. The highest BCUT2D eigenvalue weighted by molar-refractivity contribution is 6.42. The second-order valence-electron chi connectivity index (χ2n) is 4.48. The Morgan fingerprint density at radius 2 is 2.00 bits per heavy atom. The number of halogens is 2. The quantitative estimate of drug-likeness (QED) is 0.914. The van der Waals surface area contributed by atoms with E-state index in [4.69, 9.17) is 23.2 Å². The molecule has 0 atom stereocenters. The molecular formula is C14H17Cl2N3. The van der Waals surface area contributed by atoms with Crippen LogP contribution in [0.4, 0.5) is 0 Å². The highest BCUT2D eigenvalue weighted by Gasteiger charge is 2.05. The van der Waals surface area contributed by atoms with Crippen LogP contribution in [0.25, 0.3) is 0 Å². The maximum absolute atomic E-state index is 5.99. The molecule has 0 aliphatic heterocycles. The van der Waals surface area contributed by atoms with Gasteiger partial charge in [-0.3, -0.25) is 4.68 Å². The van der Waals surface area contributed by atoms with Gasteiger partial charge in [0.1, 0.15) is 0 Å². The van der Waals surface area contributed by atoms with E-state index in [2.05, 4.69) is 23.5 Å².